The van der Waals surface area contributed by atoms with Crippen molar-refractivity contribution in [3.63, 3.8) is 0 Å². The van der Waals surface area contributed by atoms with E-state index in [4.69, 9.17) is 4.42 Å². The van der Waals surface area contributed by atoms with Crippen molar-refractivity contribution >= 4 is 13.5 Å². The molecule has 0 saturated carbocycles. The van der Waals surface area contributed by atoms with Gasteiger partial charge < -0.3 is 4.42 Å². The molecule has 0 amide bonds. The van der Waals surface area contributed by atoms with Gasteiger partial charge in [-0.05, 0) is 13.0 Å². The molecule has 2 aromatic heterocycles. The molecule has 3 nitrogen and oxygen atoms in total. The Hall–Kier alpha value is -1.42. The maximum Gasteiger partial charge on any atom is 0.125 e. The van der Waals surface area contributed by atoms with Crippen LogP contribution in [-0.2, 0) is 0 Å². The molecule has 0 aliphatic carbocycles. The average molecular weight is 232 g/mol. The lowest BCUT2D eigenvalue weighted by atomic mass is 10.2. The van der Waals surface area contributed by atoms with Gasteiger partial charge in [0, 0.05) is 23.5 Å². The van der Waals surface area contributed by atoms with Crippen LogP contribution in [0.5, 0.6) is 0 Å². The van der Waals surface area contributed by atoms with E-state index < -0.39 is 8.07 Å². The molecule has 0 radical (unpaired) electrons. The van der Waals surface area contributed by atoms with Crippen LogP contribution in [0.25, 0.3) is 11.1 Å². The lowest BCUT2D eigenvalue weighted by Crippen LogP contribution is -2.36. The van der Waals surface area contributed by atoms with E-state index in [1.54, 1.807) is 6.26 Å². The zero-order valence-electron chi connectivity index (χ0n) is 10.1. The molecule has 0 bridgehead atoms. The van der Waals surface area contributed by atoms with Crippen LogP contribution in [0.4, 0.5) is 0 Å². The molecule has 0 fully saturated rings. The average Bonchev–Trinajstić information content (AvgIpc) is 2.67. The fraction of sp³-hybridized carbons (Fsp3) is 0.333. The largest absolute Gasteiger partial charge is 0.474 e. The van der Waals surface area contributed by atoms with Gasteiger partial charge in [-0.2, -0.15) is 0 Å². The number of aromatic nitrogens is 2. The number of furan rings is 1. The summed E-state index contributed by atoms with van der Waals surface area (Å²) in [6.07, 6.45) is 5.46. The maximum atomic E-state index is 5.62. The second-order valence-electron chi connectivity index (χ2n) is 4.97. The Morgan fingerprint density at radius 2 is 1.69 bits per heavy atom. The number of aryl methyl sites for hydroxylation is 1. The fourth-order valence-corrected chi connectivity index (χ4v) is 2.42. The molecule has 0 spiro atoms. The van der Waals surface area contributed by atoms with Gasteiger partial charge in [-0.1, -0.05) is 19.6 Å². The summed E-state index contributed by atoms with van der Waals surface area (Å²) in [5.41, 5.74) is 2.08. The van der Waals surface area contributed by atoms with Gasteiger partial charge in [0.1, 0.15) is 13.9 Å². The molecular formula is C12H16N2OSi. The normalized spacial score (nSPS) is 11.8. The van der Waals surface area contributed by atoms with Crippen molar-refractivity contribution in [2.75, 3.05) is 0 Å². The highest BCUT2D eigenvalue weighted by atomic mass is 28.3. The van der Waals surface area contributed by atoms with E-state index in [1.807, 2.05) is 19.3 Å². The number of hydrogen-bond donors (Lipinski definition) is 0. The van der Waals surface area contributed by atoms with Gasteiger partial charge in [0.05, 0.1) is 11.6 Å². The molecule has 2 rings (SSSR count). The second kappa shape index (κ2) is 3.86. The molecule has 0 atom stereocenters. The Labute approximate surface area is 96.6 Å². The van der Waals surface area contributed by atoms with E-state index in [9.17, 15) is 0 Å². The molecule has 0 aromatic carbocycles. The van der Waals surface area contributed by atoms with Gasteiger partial charge in [0.15, 0.2) is 0 Å². The van der Waals surface area contributed by atoms with Crippen molar-refractivity contribution < 1.29 is 4.42 Å². The maximum absolute atomic E-state index is 5.62. The predicted molar refractivity (Wildman–Crippen MR) is 67.5 cm³/mol. The summed E-state index contributed by atoms with van der Waals surface area (Å²) in [4.78, 5) is 8.37. The molecule has 4 heteroatoms. The highest BCUT2D eigenvalue weighted by Crippen LogP contribution is 2.18. The molecule has 2 aromatic rings. The van der Waals surface area contributed by atoms with E-state index in [-0.39, 0.29) is 0 Å². The van der Waals surface area contributed by atoms with Crippen LogP contribution in [-0.4, -0.2) is 18.0 Å². The summed E-state index contributed by atoms with van der Waals surface area (Å²) in [7, 11) is -1.36. The second-order valence-corrected chi connectivity index (χ2v) is 9.96. The summed E-state index contributed by atoms with van der Waals surface area (Å²) in [6, 6.07) is 2.11. The van der Waals surface area contributed by atoms with E-state index in [0.29, 0.717) is 0 Å². The molecule has 0 unspecified atom stereocenters. The topological polar surface area (TPSA) is 38.9 Å². The van der Waals surface area contributed by atoms with Gasteiger partial charge >= 0.3 is 0 Å². The first-order chi connectivity index (χ1) is 7.47. The third-order valence-corrected chi connectivity index (χ3v) is 4.19. The minimum atomic E-state index is -1.36. The third kappa shape index (κ3) is 2.22. The first kappa shape index (κ1) is 11.1. The van der Waals surface area contributed by atoms with Crippen molar-refractivity contribution in [1.82, 2.24) is 9.97 Å². The van der Waals surface area contributed by atoms with E-state index in [1.165, 1.54) is 0 Å². The quantitative estimate of drug-likeness (QED) is 0.747. The summed E-state index contributed by atoms with van der Waals surface area (Å²) in [6.45, 7) is 8.68. The highest BCUT2D eigenvalue weighted by Gasteiger charge is 2.21. The summed E-state index contributed by atoms with van der Waals surface area (Å²) >= 11 is 0. The Morgan fingerprint density at radius 3 is 2.19 bits per heavy atom. The van der Waals surface area contributed by atoms with Crippen LogP contribution in [0.2, 0.25) is 19.6 Å². The standard InChI is InChI=1S/C12H16N2OSi/c1-9-13-6-11(7-14-9)10-5-12(15-8-10)16(2,3)4/h5-8H,1-4H3. The molecule has 16 heavy (non-hydrogen) atoms. The lowest BCUT2D eigenvalue weighted by Gasteiger charge is -2.10. The fourth-order valence-electron chi connectivity index (χ4n) is 1.42. The number of nitrogens with zero attached hydrogens (tertiary/aromatic N) is 2. The van der Waals surface area contributed by atoms with Crippen molar-refractivity contribution in [2.45, 2.75) is 26.6 Å². The first-order valence-corrected chi connectivity index (χ1v) is 8.85. The predicted octanol–water partition coefficient (Wildman–Crippen LogP) is 2.59. The van der Waals surface area contributed by atoms with Gasteiger partial charge in [-0.25, -0.2) is 9.97 Å². The number of rotatable bonds is 2. The molecular weight excluding hydrogens is 216 g/mol. The Balaban J connectivity index is 2.35. The monoisotopic (exact) mass is 232 g/mol. The van der Waals surface area contributed by atoms with Crippen molar-refractivity contribution in [2.24, 2.45) is 0 Å². The van der Waals surface area contributed by atoms with Crippen LogP contribution in [0, 0.1) is 6.92 Å². The summed E-state index contributed by atoms with van der Waals surface area (Å²) < 4.78 is 5.62. The van der Waals surface area contributed by atoms with Crippen LogP contribution >= 0.6 is 0 Å². The summed E-state index contributed by atoms with van der Waals surface area (Å²) in [5.74, 6) is 0.790. The molecule has 0 aliphatic rings. The first-order valence-electron chi connectivity index (χ1n) is 5.35. The van der Waals surface area contributed by atoms with E-state index in [0.717, 1.165) is 22.3 Å². The van der Waals surface area contributed by atoms with Crippen LogP contribution < -0.4 is 5.38 Å². The molecule has 0 saturated heterocycles. The SMILES string of the molecule is Cc1ncc(-c2coc([Si](C)(C)C)c2)cn1. The molecule has 84 valence electrons. The van der Waals surface area contributed by atoms with Gasteiger partial charge in [-0.3, -0.25) is 0 Å². The van der Waals surface area contributed by atoms with Crippen LogP contribution in [0.3, 0.4) is 0 Å². The van der Waals surface area contributed by atoms with Gasteiger partial charge in [0.25, 0.3) is 0 Å². The molecule has 2 heterocycles. The zero-order valence-corrected chi connectivity index (χ0v) is 11.1. The van der Waals surface area contributed by atoms with Crippen molar-refractivity contribution in [3.8, 4) is 11.1 Å². The minimum Gasteiger partial charge on any atom is -0.474 e. The van der Waals surface area contributed by atoms with Crippen molar-refractivity contribution in [3.05, 3.63) is 30.5 Å². The summed E-state index contributed by atoms with van der Waals surface area (Å²) in [5, 5.41) is 1.11. The zero-order chi connectivity index (χ0) is 11.8. The third-order valence-electron chi connectivity index (χ3n) is 2.45. The Bertz CT molecular complexity index is 482. The number of hydrogen-bond acceptors (Lipinski definition) is 3. The van der Waals surface area contributed by atoms with E-state index in [2.05, 4.69) is 35.7 Å². The molecule has 0 N–H and O–H groups in total. The highest BCUT2D eigenvalue weighted by molar-refractivity contribution is 6.87. The Morgan fingerprint density at radius 1 is 1.06 bits per heavy atom. The smallest absolute Gasteiger partial charge is 0.125 e. The lowest BCUT2D eigenvalue weighted by molar-refractivity contribution is 0.598. The van der Waals surface area contributed by atoms with Gasteiger partial charge in [0.2, 0.25) is 0 Å². The van der Waals surface area contributed by atoms with E-state index >= 15 is 0 Å². The Kier molecular flexibility index (Phi) is 2.67. The molecule has 0 aliphatic heterocycles. The van der Waals surface area contributed by atoms with Crippen LogP contribution in [0.1, 0.15) is 5.82 Å². The van der Waals surface area contributed by atoms with Crippen LogP contribution in [0.15, 0.2) is 29.1 Å². The van der Waals surface area contributed by atoms with Crippen molar-refractivity contribution in [1.29, 1.82) is 0 Å². The minimum absolute atomic E-state index is 0.790. The van der Waals surface area contributed by atoms with Gasteiger partial charge in [-0.15, -0.1) is 0 Å².